The number of esters is 1. The number of hydrogen-bond acceptors (Lipinski definition) is 6. The van der Waals surface area contributed by atoms with Crippen molar-refractivity contribution in [3.63, 3.8) is 0 Å². The number of hydroxylamine groups is 2. The van der Waals surface area contributed by atoms with Crippen molar-refractivity contribution in [2.24, 2.45) is 5.92 Å². The maximum atomic E-state index is 12.1. The van der Waals surface area contributed by atoms with Crippen LogP contribution in [0.1, 0.15) is 26.2 Å². The molecule has 19 heavy (non-hydrogen) atoms. The molecule has 0 unspecified atom stereocenters. The number of ether oxygens (including phenoxy) is 3. The molecule has 3 aliphatic heterocycles. The maximum absolute atomic E-state index is 12.1. The van der Waals surface area contributed by atoms with Crippen LogP contribution in [0.4, 0.5) is 0 Å². The highest BCUT2D eigenvalue weighted by Gasteiger charge is 2.58. The van der Waals surface area contributed by atoms with Crippen molar-refractivity contribution in [3.8, 4) is 0 Å². The Morgan fingerprint density at radius 3 is 2.74 bits per heavy atom. The second-order valence-corrected chi connectivity index (χ2v) is 5.49. The molecule has 0 bridgehead atoms. The van der Waals surface area contributed by atoms with Gasteiger partial charge >= 0.3 is 5.97 Å². The van der Waals surface area contributed by atoms with Gasteiger partial charge in [-0.25, -0.2) is 0 Å². The van der Waals surface area contributed by atoms with Gasteiger partial charge in [-0.05, 0) is 19.8 Å². The predicted molar refractivity (Wildman–Crippen MR) is 65.0 cm³/mol. The number of carbonyl (C=O) groups is 1. The Balaban J connectivity index is 1.86. The van der Waals surface area contributed by atoms with Crippen molar-refractivity contribution in [2.75, 3.05) is 26.9 Å². The monoisotopic (exact) mass is 271 g/mol. The second kappa shape index (κ2) is 5.01. The summed E-state index contributed by atoms with van der Waals surface area (Å²) < 4.78 is 16.3. The molecule has 6 heteroatoms. The van der Waals surface area contributed by atoms with Crippen LogP contribution in [-0.4, -0.2) is 55.8 Å². The lowest BCUT2D eigenvalue weighted by Crippen LogP contribution is -2.48. The van der Waals surface area contributed by atoms with E-state index in [1.54, 1.807) is 0 Å². The van der Waals surface area contributed by atoms with E-state index in [0.29, 0.717) is 13.2 Å². The Hall–Kier alpha value is -0.690. The average Bonchev–Trinajstić information content (AvgIpc) is 3.02. The van der Waals surface area contributed by atoms with E-state index in [0.717, 1.165) is 25.8 Å². The Kier molecular flexibility index (Phi) is 3.51. The summed E-state index contributed by atoms with van der Waals surface area (Å²) in [5.41, 5.74) is 0. The first-order chi connectivity index (χ1) is 9.15. The first-order valence-electron chi connectivity index (χ1n) is 6.95. The minimum Gasteiger partial charge on any atom is -0.469 e. The van der Waals surface area contributed by atoms with Crippen LogP contribution in [0.2, 0.25) is 0 Å². The fourth-order valence-corrected chi connectivity index (χ4v) is 3.37. The fraction of sp³-hybridized carbons (Fsp3) is 0.923. The lowest BCUT2D eigenvalue weighted by molar-refractivity contribution is -0.272. The maximum Gasteiger partial charge on any atom is 0.313 e. The summed E-state index contributed by atoms with van der Waals surface area (Å²) in [7, 11) is 1.42. The van der Waals surface area contributed by atoms with E-state index in [4.69, 9.17) is 19.0 Å². The van der Waals surface area contributed by atoms with Crippen LogP contribution in [0.3, 0.4) is 0 Å². The van der Waals surface area contributed by atoms with E-state index in [9.17, 15) is 4.79 Å². The Morgan fingerprint density at radius 1 is 1.32 bits per heavy atom. The fourth-order valence-electron chi connectivity index (χ4n) is 3.37. The van der Waals surface area contributed by atoms with Gasteiger partial charge in [0.2, 0.25) is 0 Å². The zero-order chi connectivity index (χ0) is 13.5. The molecular formula is C13H21NO5. The molecule has 0 N–H and O–H groups in total. The zero-order valence-corrected chi connectivity index (χ0v) is 11.5. The number of carbonyl (C=O) groups excluding carboxylic acids is 1. The summed E-state index contributed by atoms with van der Waals surface area (Å²) in [4.78, 5) is 18.1. The van der Waals surface area contributed by atoms with E-state index < -0.39 is 11.9 Å². The van der Waals surface area contributed by atoms with Crippen LogP contribution in [-0.2, 0) is 23.8 Å². The van der Waals surface area contributed by atoms with Gasteiger partial charge in [-0.1, -0.05) is 6.42 Å². The molecule has 0 spiro atoms. The highest BCUT2D eigenvalue weighted by molar-refractivity contribution is 5.74. The van der Waals surface area contributed by atoms with Gasteiger partial charge in [-0.3, -0.25) is 9.63 Å². The molecule has 108 valence electrons. The molecular weight excluding hydrogens is 250 g/mol. The lowest BCUT2D eigenvalue weighted by atomic mass is 9.86. The van der Waals surface area contributed by atoms with Gasteiger partial charge in [-0.15, -0.1) is 0 Å². The van der Waals surface area contributed by atoms with E-state index >= 15 is 0 Å². The van der Waals surface area contributed by atoms with Gasteiger partial charge in [0.05, 0.1) is 26.4 Å². The smallest absolute Gasteiger partial charge is 0.313 e. The Bertz CT molecular complexity index is 355. The van der Waals surface area contributed by atoms with Crippen LogP contribution in [0, 0.1) is 5.92 Å². The van der Waals surface area contributed by atoms with Gasteiger partial charge in [0, 0.05) is 6.54 Å². The summed E-state index contributed by atoms with van der Waals surface area (Å²) in [5, 5.41) is 1.92. The number of piperidine rings is 1. The van der Waals surface area contributed by atoms with E-state index in [-0.39, 0.29) is 17.9 Å². The molecule has 3 fully saturated rings. The molecule has 3 heterocycles. The molecule has 0 amide bonds. The molecule has 3 saturated heterocycles. The van der Waals surface area contributed by atoms with E-state index in [2.05, 4.69) is 0 Å². The highest BCUT2D eigenvalue weighted by Crippen LogP contribution is 2.42. The summed E-state index contributed by atoms with van der Waals surface area (Å²) in [5.74, 6) is -1.43. The van der Waals surface area contributed by atoms with Crippen LogP contribution < -0.4 is 0 Å². The number of rotatable bonds is 2. The van der Waals surface area contributed by atoms with Gasteiger partial charge in [0.1, 0.15) is 12.0 Å². The van der Waals surface area contributed by atoms with E-state index in [1.807, 2.05) is 12.0 Å². The molecule has 0 aliphatic carbocycles. The largest absolute Gasteiger partial charge is 0.469 e. The third-order valence-corrected chi connectivity index (χ3v) is 4.34. The summed E-state index contributed by atoms with van der Waals surface area (Å²) >= 11 is 0. The third-order valence-electron chi connectivity index (χ3n) is 4.34. The predicted octanol–water partition coefficient (Wildman–Crippen LogP) is 0.707. The van der Waals surface area contributed by atoms with Crippen molar-refractivity contribution in [1.29, 1.82) is 0 Å². The molecule has 3 rings (SSSR count). The van der Waals surface area contributed by atoms with Crippen LogP contribution >= 0.6 is 0 Å². The van der Waals surface area contributed by atoms with Gasteiger partial charge in [-0.2, -0.15) is 5.06 Å². The molecule has 0 aromatic rings. The van der Waals surface area contributed by atoms with Crippen LogP contribution in [0.25, 0.3) is 0 Å². The normalized spacial score (nSPS) is 38.1. The number of methoxy groups -OCH3 is 1. The molecule has 0 saturated carbocycles. The molecule has 6 nitrogen and oxygen atoms in total. The summed E-state index contributed by atoms with van der Waals surface area (Å²) in [6.45, 7) is 3.77. The van der Waals surface area contributed by atoms with Crippen molar-refractivity contribution >= 4 is 5.97 Å². The number of nitrogens with zero attached hydrogens (tertiary/aromatic N) is 1. The first-order valence-corrected chi connectivity index (χ1v) is 6.95. The average molecular weight is 271 g/mol. The van der Waals surface area contributed by atoms with Crippen molar-refractivity contribution in [1.82, 2.24) is 5.06 Å². The van der Waals surface area contributed by atoms with Crippen molar-refractivity contribution < 1.29 is 23.8 Å². The molecule has 3 atom stereocenters. The van der Waals surface area contributed by atoms with Crippen molar-refractivity contribution in [2.45, 2.75) is 44.1 Å². The van der Waals surface area contributed by atoms with Gasteiger partial charge < -0.3 is 14.2 Å². The second-order valence-electron chi connectivity index (χ2n) is 5.49. The first kappa shape index (κ1) is 13.3. The van der Waals surface area contributed by atoms with Crippen molar-refractivity contribution in [3.05, 3.63) is 0 Å². The van der Waals surface area contributed by atoms with Gasteiger partial charge in [0.15, 0.2) is 5.79 Å². The molecule has 3 aliphatic rings. The Morgan fingerprint density at radius 2 is 2.05 bits per heavy atom. The third kappa shape index (κ3) is 2.16. The Labute approximate surface area is 112 Å². The topological polar surface area (TPSA) is 57.2 Å². The molecule has 0 aromatic heterocycles. The number of fused-ring (bicyclic) bond motifs is 1. The minimum absolute atomic E-state index is 0.0795. The zero-order valence-electron chi connectivity index (χ0n) is 11.5. The molecule has 0 aromatic carbocycles. The molecule has 0 radical (unpaired) electrons. The van der Waals surface area contributed by atoms with Gasteiger partial charge in [0.25, 0.3) is 0 Å². The minimum atomic E-state index is -0.851. The SMILES string of the molecule is COC(=O)[C@H]1[C@H]2CCCCN2O[C@@H]1C1(C)OCCO1. The van der Waals surface area contributed by atoms with Crippen LogP contribution in [0.15, 0.2) is 0 Å². The summed E-state index contributed by atoms with van der Waals surface area (Å²) in [6.07, 6.45) is 2.73. The highest BCUT2D eigenvalue weighted by atomic mass is 16.8. The summed E-state index contributed by atoms with van der Waals surface area (Å²) in [6, 6.07) is 0.0795. The standard InChI is InChI=1S/C13H21NO5/c1-13(17-7-8-18-13)11-10(12(15)16-2)9-5-3-4-6-14(9)19-11/h9-11H,3-8H2,1-2H3/t9-,10+,11+/m1/s1. The number of hydrogen-bond donors (Lipinski definition) is 0. The lowest BCUT2D eigenvalue weighted by Gasteiger charge is -2.30. The van der Waals surface area contributed by atoms with Crippen LogP contribution in [0.5, 0.6) is 0 Å². The quantitative estimate of drug-likeness (QED) is 0.689. The van der Waals surface area contributed by atoms with E-state index in [1.165, 1.54) is 7.11 Å².